The molecule has 2 heterocycles. The number of hydrogen-bond donors (Lipinski definition) is 2. The third kappa shape index (κ3) is 3.87. The van der Waals surface area contributed by atoms with Crippen LogP contribution in [0.5, 0.6) is 0 Å². The summed E-state index contributed by atoms with van der Waals surface area (Å²) in [4.78, 5) is 14.8. The van der Waals surface area contributed by atoms with Gasteiger partial charge < -0.3 is 10.6 Å². The summed E-state index contributed by atoms with van der Waals surface area (Å²) in [6.07, 6.45) is 1.01. The minimum absolute atomic E-state index is 0.0398. The molecule has 1 atom stereocenters. The number of amides is 1. The number of thiophene rings is 1. The van der Waals surface area contributed by atoms with Gasteiger partial charge in [-0.2, -0.15) is 0 Å². The van der Waals surface area contributed by atoms with E-state index < -0.39 is 0 Å². The predicted octanol–water partition coefficient (Wildman–Crippen LogP) is 3.13. The Morgan fingerprint density at radius 1 is 1.33 bits per heavy atom. The molecule has 3 nitrogen and oxygen atoms in total. The average molecular weight is 318 g/mol. The van der Waals surface area contributed by atoms with Crippen LogP contribution >= 0.6 is 23.1 Å². The Morgan fingerprint density at radius 3 is 3.00 bits per heavy atom. The lowest BCUT2D eigenvalue weighted by molar-refractivity contribution is 0.0937. The minimum Gasteiger partial charge on any atom is -0.348 e. The molecule has 0 bridgehead atoms. The molecule has 2 N–H and O–H groups in total. The molecule has 1 aromatic heterocycles. The van der Waals surface area contributed by atoms with Crippen LogP contribution in [-0.2, 0) is 5.75 Å². The number of nitrogens with one attached hydrogen (secondary N) is 2. The zero-order valence-electron chi connectivity index (χ0n) is 11.7. The normalized spacial score (nSPS) is 17.8. The summed E-state index contributed by atoms with van der Waals surface area (Å²) in [5.41, 5.74) is 0.783. The maximum Gasteiger partial charge on any atom is 0.252 e. The highest BCUT2D eigenvalue weighted by molar-refractivity contribution is 7.98. The first-order valence-electron chi connectivity index (χ1n) is 7.09. The lowest BCUT2D eigenvalue weighted by atomic mass is 10.2. The van der Waals surface area contributed by atoms with Crippen LogP contribution in [-0.4, -0.2) is 25.0 Å². The number of carbonyl (C=O) groups excluding carboxylic acids is 1. The van der Waals surface area contributed by atoms with Gasteiger partial charge in [0.15, 0.2) is 0 Å². The molecular formula is C16H18N2OS2. The van der Waals surface area contributed by atoms with Crippen LogP contribution < -0.4 is 10.6 Å². The van der Waals surface area contributed by atoms with E-state index in [1.165, 1.54) is 4.88 Å². The Kier molecular flexibility index (Phi) is 4.95. The van der Waals surface area contributed by atoms with Crippen LogP contribution in [0.25, 0.3) is 0 Å². The topological polar surface area (TPSA) is 41.1 Å². The molecule has 1 amide bonds. The van der Waals surface area contributed by atoms with E-state index in [2.05, 4.69) is 28.1 Å². The molecule has 1 saturated heterocycles. The highest BCUT2D eigenvalue weighted by atomic mass is 32.2. The van der Waals surface area contributed by atoms with Crippen molar-refractivity contribution < 1.29 is 4.79 Å². The van der Waals surface area contributed by atoms with Crippen molar-refractivity contribution in [3.8, 4) is 0 Å². The van der Waals surface area contributed by atoms with Crippen molar-refractivity contribution in [3.63, 3.8) is 0 Å². The molecule has 1 aromatic carbocycles. The standard InChI is InChI=1S/C16H18N2OS2/c19-16(18-12-7-8-17-10-12)14-5-1-2-6-15(14)21-11-13-4-3-9-20-13/h1-6,9,12,17H,7-8,10-11H2,(H,18,19). The van der Waals surface area contributed by atoms with Gasteiger partial charge >= 0.3 is 0 Å². The third-order valence-electron chi connectivity index (χ3n) is 3.48. The highest BCUT2D eigenvalue weighted by Gasteiger charge is 2.19. The van der Waals surface area contributed by atoms with Gasteiger partial charge in [-0.05, 0) is 36.5 Å². The molecule has 0 saturated carbocycles. The lowest BCUT2D eigenvalue weighted by Gasteiger charge is -2.13. The molecule has 1 fully saturated rings. The van der Waals surface area contributed by atoms with E-state index in [0.29, 0.717) is 0 Å². The zero-order valence-corrected chi connectivity index (χ0v) is 13.3. The van der Waals surface area contributed by atoms with Crippen molar-refractivity contribution in [1.29, 1.82) is 0 Å². The number of rotatable bonds is 5. The Hall–Kier alpha value is -1.30. The van der Waals surface area contributed by atoms with Crippen molar-refractivity contribution in [2.45, 2.75) is 23.1 Å². The fraction of sp³-hybridized carbons (Fsp3) is 0.312. The highest BCUT2D eigenvalue weighted by Crippen LogP contribution is 2.28. The van der Waals surface area contributed by atoms with E-state index in [-0.39, 0.29) is 11.9 Å². The second kappa shape index (κ2) is 7.11. The predicted molar refractivity (Wildman–Crippen MR) is 89.1 cm³/mol. The van der Waals surface area contributed by atoms with Crippen molar-refractivity contribution >= 4 is 29.0 Å². The summed E-state index contributed by atoms with van der Waals surface area (Å²) >= 11 is 3.48. The Bertz CT molecular complexity index is 592. The largest absolute Gasteiger partial charge is 0.348 e. The van der Waals surface area contributed by atoms with Crippen LogP contribution in [0.1, 0.15) is 21.7 Å². The minimum atomic E-state index is 0.0398. The Balaban J connectivity index is 1.67. The molecule has 1 aliphatic heterocycles. The number of hydrogen-bond acceptors (Lipinski definition) is 4. The summed E-state index contributed by atoms with van der Waals surface area (Å²) in [5.74, 6) is 0.949. The van der Waals surface area contributed by atoms with Crippen molar-refractivity contribution in [1.82, 2.24) is 10.6 Å². The Morgan fingerprint density at radius 2 is 2.24 bits per heavy atom. The molecular weight excluding hydrogens is 300 g/mol. The summed E-state index contributed by atoms with van der Waals surface area (Å²) in [6, 6.07) is 12.3. The van der Waals surface area contributed by atoms with Crippen LogP contribution in [0, 0.1) is 0 Å². The molecule has 1 aliphatic rings. The molecule has 5 heteroatoms. The third-order valence-corrected chi connectivity index (χ3v) is 5.66. The van der Waals surface area contributed by atoms with Gasteiger partial charge in [-0.1, -0.05) is 18.2 Å². The second-order valence-electron chi connectivity index (χ2n) is 5.03. The van der Waals surface area contributed by atoms with Crippen LogP contribution in [0.3, 0.4) is 0 Å². The van der Waals surface area contributed by atoms with Gasteiger partial charge in [-0.3, -0.25) is 4.79 Å². The first kappa shape index (κ1) is 14.6. The number of benzene rings is 1. The number of carbonyl (C=O) groups is 1. The van der Waals surface area contributed by atoms with Crippen molar-refractivity contribution in [3.05, 3.63) is 52.2 Å². The lowest BCUT2D eigenvalue weighted by Crippen LogP contribution is -2.36. The van der Waals surface area contributed by atoms with E-state index in [0.717, 1.165) is 35.7 Å². The zero-order chi connectivity index (χ0) is 14.5. The monoisotopic (exact) mass is 318 g/mol. The number of thioether (sulfide) groups is 1. The Labute approximate surface area is 133 Å². The molecule has 2 aromatic rings. The molecule has 0 radical (unpaired) electrons. The van der Waals surface area contributed by atoms with E-state index >= 15 is 0 Å². The van der Waals surface area contributed by atoms with Gasteiger partial charge in [0.05, 0.1) is 5.56 Å². The van der Waals surface area contributed by atoms with E-state index in [1.54, 1.807) is 23.1 Å². The molecule has 3 rings (SSSR count). The maximum absolute atomic E-state index is 12.4. The van der Waals surface area contributed by atoms with Gasteiger partial charge in [0.1, 0.15) is 0 Å². The SMILES string of the molecule is O=C(NC1CCNC1)c1ccccc1SCc1cccs1. The maximum atomic E-state index is 12.4. The van der Waals surface area contributed by atoms with Crippen molar-refractivity contribution in [2.24, 2.45) is 0 Å². The summed E-state index contributed by atoms with van der Waals surface area (Å²) in [5, 5.41) is 8.47. The summed E-state index contributed by atoms with van der Waals surface area (Å²) in [7, 11) is 0. The van der Waals surface area contributed by atoms with E-state index in [1.807, 2.05) is 24.3 Å². The fourth-order valence-corrected chi connectivity index (χ4v) is 4.19. The second-order valence-corrected chi connectivity index (χ2v) is 7.08. The van der Waals surface area contributed by atoms with Gasteiger partial charge in [0, 0.05) is 28.1 Å². The quantitative estimate of drug-likeness (QED) is 0.832. The van der Waals surface area contributed by atoms with E-state index in [9.17, 15) is 4.79 Å². The molecule has 1 unspecified atom stereocenters. The summed E-state index contributed by atoms with van der Waals surface area (Å²) < 4.78 is 0. The van der Waals surface area contributed by atoms with Crippen LogP contribution in [0.15, 0.2) is 46.7 Å². The van der Waals surface area contributed by atoms with Gasteiger partial charge in [-0.25, -0.2) is 0 Å². The van der Waals surface area contributed by atoms with Gasteiger partial charge in [0.2, 0.25) is 0 Å². The molecule has 110 valence electrons. The molecule has 0 aliphatic carbocycles. The van der Waals surface area contributed by atoms with Crippen molar-refractivity contribution in [2.75, 3.05) is 13.1 Å². The van der Waals surface area contributed by atoms with Crippen LogP contribution in [0.4, 0.5) is 0 Å². The van der Waals surface area contributed by atoms with Gasteiger partial charge in [0.25, 0.3) is 5.91 Å². The fourth-order valence-electron chi connectivity index (χ4n) is 2.36. The first-order valence-corrected chi connectivity index (χ1v) is 8.95. The first-order chi connectivity index (χ1) is 10.3. The van der Waals surface area contributed by atoms with Crippen LogP contribution in [0.2, 0.25) is 0 Å². The van der Waals surface area contributed by atoms with Gasteiger partial charge in [-0.15, -0.1) is 23.1 Å². The molecule has 21 heavy (non-hydrogen) atoms. The smallest absolute Gasteiger partial charge is 0.252 e. The average Bonchev–Trinajstić information content (AvgIpc) is 3.18. The summed E-state index contributed by atoms with van der Waals surface area (Å²) in [6.45, 7) is 1.86. The van der Waals surface area contributed by atoms with E-state index in [4.69, 9.17) is 0 Å². The molecule has 0 spiro atoms.